The first-order valence-electron chi connectivity index (χ1n) is 7.14. The number of carbonyl (C=O) groups is 1. The van der Waals surface area contributed by atoms with E-state index in [1.54, 1.807) is 4.90 Å². The summed E-state index contributed by atoms with van der Waals surface area (Å²) >= 11 is 4.93. The molecule has 21 heavy (non-hydrogen) atoms. The van der Waals surface area contributed by atoms with E-state index < -0.39 is 0 Å². The lowest BCUT2D eigenvalue weighted by atomic mass is 10.0. The van der Waals surface area contributed by atoms with Crippen molar-refractivity contribution in [2.24, 2.45) is 5.73 Å². The van der Waals surface area contributed by atoms with Crippen LogP contribution in [0.4, 0.5) is 0 Å². The number of rotatable bonds is 6. The lowest BCUT2D eigenvalue weighted by Crippen LogP contribution is -2.39. The van der Waals surface area contributed by atoms with Crippen LogP contribution in [0.5, 0.6) is 0 Å². The van der Waals surface area contributed by atoms with Crippen molar-refractivity contribution in [3.05, 3.63) is 48.0 Å². The van der Waals surface area contributed by atoms with Gasteiger partial charge in [-0.15, -0.1) is 0 Å². The van der Waals surface area contributed by atoms with Crippen molar-refractivity contribution in [2.45, 2.75) is 19.8 Å². The molecule has 0 fully saturated rings. The molecule has 0 unspecified atom stereocenters. The van der Waals surface area contributed by atoms with Crippen molar-refractivity contribution < 1.29 is 4.79 Å². The highest BCUT2D eigenvalue weighted by Crippen LogP contribution is 2.19. The Kier molecular flexibility index (Phi) is 5.28. The predicted molar refractivity (Wildman–Crippen MR) is 91.3 cm³/mol. The SMILES string of the molecule is CCCN(CC(N)=S)C(=O)Cc1cccc2ccccc12. The van der Waals surface area contributed by atoms with Gasteiger partial charge in [-0.25, -0.2) is 0 Å². The Balaban J connectivity index is 2.21. The van der Waals surface area contributed by atoms with E-state index in [0.717, 1.165) is 22.8 Å². The summed E-state index contributed by atoms with van der Waals surface area (Å²) < 4.78 is 0. The van der Waals surface area contributed by atoms with Gasteiger partial charge in [0.2, 0.25) is 5.91 Å². The van der Waals surface area contributed by atoms with E-state index in [-0.39, 0.29) is 5.91 Å². The van der Waals surface area contributed by atoms with E-state index in [0.29, 0.717) is 24.5 Å². The number of carbonyl (C=O) groups excluding carboxylic acids is 1. The monoisotopic (exact) mass is 300 g/mol. The molecular formula is C17H20N2OS. The molecule has 0 heterocycles. The number of hydrogen-bond donors (Lipinski definition) is 1. The molecule has 0 radical (unpaired) electrons. The average Bonchev–Trinajstić information content (AvgIpc) is 2.47. The number of thiocarbonyl (C=S) groups is 1. The first-order valence-corrected chi connectivity index (χ1v) is 7.55. The van der Waals surface area contributed by atoms with Crippen LogP contribution in [-0.4, -0.2) is 28.9 Å². The van der Waals surface area contributed by atoms with Gasteiger partial charge < -0.3 is 10.6 Å². The Morgan fingerprint density at radius 1 is 1.19 bits per heavy atom. The van der Waals surface area contributed by atoms with Crippen molar-refractivity contribution in [3.63, 3.8) is 0 Å². The Hall–Kier alpha value is -1.94. The molecule has 0 atom stereocenters. The van der Waals surface area contributed by atoms with Gasteiger partial charge in [0.1, 0.15) is 0 Å². The van der Waals surface area contributed by atoms with Crippen molar-refractivity contribution in [2.75, 3.05) is 13.1 Å². The first kappa shape index (κ1) is 15.4. The maximum Gasteiger partial charge on any atom is 0.227 e. The van der Waals surface area contributed by atoms with Gasteiger partial charge in [0.25, 0.3) is 0 Å². The second-order valence-electron chi connectivity index (χ2n) is 5.10. The van der Waals surface area contributed by atoms with Crippen LogP contribution in [-0.2, 0) is 11.2 Å². The molecule has 0 saturated carbocycles. The molecule has 4 heteroatoms. The molecule has 2 aromatic rings. The van der Waals surface area contributed by atoms with E-state index in [9.17, 15) is 4.79 Å². The summed E-state index contributed by atoms with van der Waals surface area (Å²) in [5.74, 6) is 0.0704. The molecule has 0 saturated heterocycles. The highest BCUT2D eigenvalue weighted by molar-refractivity contribution is 7.80. The standard InChI is InChI=1S/C17H20N2OS/c1-2-10-19(12-16(18)21)17(20)11-14-8-5-7-13-6-3-4-9-15(13)14/h3-9H,2,10-12H2,1H3,(H2,18,21). The van der Waals surface area contributed by atoms with Crippen LogP contribution in [0.1, 0.15) is 18.9 Å². The van der Waals surface area contributed by atoms with Crippen molar-refractivity contribution in [3.8, 4) is 0 Å². The summed E-state index contributed by atoms with van der Waals surface area (Å²) in [6.07, 6.45) is 1.27. The number of nitrogens with zero attached hydrogens (tertiary/aromatic N) is 1. The van der Waals surface area contributed by atoms with Crippen LogP contribution in [0.15, 0.2) is 42.5 Å². The van der Waals surface area contributed by atoms with E-state index in [2.05, 4.69) is 18.2 Å². The summed E-state index contributed by atoms with van der Waals surface area (Å²) in [7, 11) is 0. The third-order valence-electron chi connectivity index (χ3n) is 3.41. The molecule has 1 amide bonds. The number of hydrogen-bond acceptors (Lipinski definition) is 2. The van der Waals surface area contributed by atoms with Gasteiger partial charge in [0.15, 0.2) is 0 Å². The predicted octanol–water partition coefficient (Wildman–Crippen LogP) is 2.91. The van der Waals surface area contributed by atoms with Gasteiger partial charge in [0.05, 0.1) is 18.0 Å². The normalized spacial score (nSPS) is 10.5. The zero-order valence-electron chi connectivity index (χ0n) is 12.2. The van der Waals surface area contributed by atoms with Gasteiger partial charge in [-0.2, -0.15) is 0 Å². The number of benzene rings is 2. The largest absolute Gasteiger partial charge is 0.392 e. The molecule has 0 aliphatic carbocycles. The highest BCUT2D eigenvalue weighted by Gasteiger charge is 2.15. The van der Waals surface area contributed by atoms with Gasteiger partial charge in [-0.1, -0.05) is 61.6 Å². The fourth-order valence-electron chi connectivity index (χ4n) is 2.47. The lowest BCUT2D eigenvalue weighted by Gasteiger charge is -2.21. The molecule has 110 valence electrons. The summed E-state index contributed by atoms with van der Waals surface area (Å²) in [6, 6.07) is 14.2. The average molecular weight is 300 g/mol. The van der Waals surface area contributed by atoms with Crippen LogP contribution >= 0.6 is 12.2 Å². The Labute approximate surface area is 130 Å². The number of nitrogens with two attached hydrogens (primary N) is 1. The zero-order chi connectivity index (χ0) is 15.2. The van der Waals surface area contributed by atoms with Crippen LogP contribution in [0.25, 0.3) is 10.8 Å². The molecule has 3 nitrogen and oxygen atoms in total. The molecule has 0 aromatic heterocycles. The highest BCUT2D eigenvalue weighted by atomic mass is 32.1. The van der Waals surface area contributed by atoms with E-state index in [1.165, 1.54) is 0 Å². The van der Waals surface area contributed by atoms with Crippen molar-refractivity contribution >= 4 is 33.9 Å². The summed E-state index contributed by atoms with van der Waals surface area (Å²) in [5.41, 5.74) is 6.63. The minimum atomic E-state index is 0.0704. The van der Waals surface area contributed by atoms with E-state index in [4.69, 9.17) is 18.0 Å². The van der Waals surface area contributed by atoms with Crippen molar-refractivity contribution in [1.82, 2.24) is 4.90 Å². The molecule has 2 aromatic carbocycles. The fourth-order valence-corrected chi connectivity index (χ4v) is 2.63. The van der Waals surface area contributed by atoms with Crippen LogP contribution in [0.2, 0.25) is 0 Å². The van der Waals surface area contributed by atoms with Gasteiger partial charge in [0, 0.05) is 6.54 Å². The second kappa shape index (κ2) is 7.18. The number of amides is 1. The third kappa shape index (κ3) is 4.02. The quantitative estimate of drug-likeness (QED) is 0.834. The van der Waals surface area contributed by atoms with Gasteiger partial charge in [-0.05, 0) is 22.8 Å². The Morgan fingerprint density at radius 2 is 1.90 bits per heavy atom. The number of fused-ring (bicyclic) bond motifs is 1. The second-order valence-corrected chi connectivity index (χ2v) is 5.62. The zero-order valence-corrected chi connectivity index (χ0v) is 13.0. The fraction of sp³-hybridized carbons (Fsp3) is 0.294. The van der Waals surface area contributed by atoms with Crippen LogP contribution in [0.3, 0.4) is 0 Å². The minimum absolute atomic E-state index is 0.0704. The van der Waals surface area contributed by atoms with Gasteiger partial charge in [-0.3, -0.25) is 4.79 Å². The summed E-state index contributed by atoms with van der Waals surface area (Å²) in [4.78, 5) is 14.6. The Morgan fingerprint density at radius 3 is 2.62 bits per heavy atom. The third-order valence-corrected chi connectivity index (χ3v) is 3.54. The first-order chi connectivity index (χ1) is 10.1. The molecule has 0 aliphatic heterocycles. The topological polar surface area (TPSA) is 46.3 Å². The van der Waals surface area contributed by atoms with E-state index >= 15 is 0 Å². The molecule has 0 spiro atoms. The molecule has 0 aliphatic rings. The minimum Gasteiger partial charge on any atom is -0.392 e. The molecule has 2 N–H and O–H groups in total. The summed E-state index contributed by atoms with van der Waals surface area (Å²) in [6.45, 7) is 3.07. The maximum atomic E-state index is 12.5. The van der Waals surface area contributed by atoms with Gasteiger partial charge >= 0.3 is 0 Å². The van der Waals surface area contributed by atoms with Crippen LogP contribution in [0, 0.1) is 0 Å². The maximum absolute atomic E-state index is 12.5. The smallest absolute Gasteiger partial charge is 0.227 e. The molecule has 0 bridgehead atoms. The van der Waals surface area contributed by atoms with Crippen molar-refractivity contribution in [1.29, 1.82) is 0 Å². The van der Waals surface area contributed by atoms with E-state index in [1.807, 2.05) is 31.2 Å². The molecule has 2 rings (SSSR count). The molecular weight excluding hydrogens is 280 g/mol. The summed E-state index contributed by atoms with van der Waals surface area (Å²) in [5, 5.41) is 2.28. The Bertz CT molecular complexity index is 649. The van der Waals surface area contributed by atoms with Crippen LogP contribution < -0.4 is 5.73 Å². The lowest BCUT2D eigenvalue weighted by molar-refractivity contribution is -0.129.